The van der Waals surface area contributed by atoms with E-state index in [0.29, 0.717) is 25.1 Å². The first-order chi connectivity index (χ1) is 13.3. The van der Waals surface area contributed by atoms with Crippen molar-refractivity contribution in [1.82, 2.24) is 14.8 Å². The molecule has 0 spiro atoms. The number of aromatic nitrogens is 1. The van der Waals surface area contributed by atoms with Crippen LogP contribution in [0, 0.1) is 31.6 Å². The molecule has 5 fully saturated rings. The molecule has 2 heterocycles. The van der Waals surface area contributed by atoms with Gasteiger partial charge in [-0.3, -0.25) is 4.79 Å². The Morgan fingerprint density at radius 2 is 1.75 bits per heavy atom. The van der Waals surface area contributed by atoms with Crippen LogP contribution in [-0.2, 0) is 14.8 Å². The van der Waals surface area contributed by atoms with Crippen molar-refractivity contribution < 1.29 is 17.7 Å². The fraction of sp³-hybridized carbons (Fsp3) is 0.800. The first kappa shape index (κ1) is 18.6. The maximum Gasteiger partial charge on any atom is 0.249 e. The first-order valence-electron chi connectivity index (χ1n) is 10.5. The summed E-state index contributed by atoms with van der Waals surface area (Å²) in [6.07, 6.45) is 8.39. The smallest absolute Gasteiger partial charge is 0.249 e. The van der Waals surface area contributed by atoms with Crippen LogP contribution in [0.2, 0.25) is 0 Å². The van der Waals surface area contributed by atoms with Crippen LogP contribution in [-0.4, -0.2) is 41.9 Å². The number of nitrogens with zero attached hydrogens (tertiary/aromatic N) is 2. The van der Waals surface area contributed by atoms with Crippen LogP contribution in [0.15, 0.2) is 9.42 Å². The maximum absolute atomic E-state index is 13.3. The van der Waals surface area contributed by atoms with Gasteiger partial charge >= 0.3 is 0 Å². The molecule has 1 aliphatic heterocycles. The minimum absolute atomic E-state index is 0.104. The van der Waals surface area contributed by atoms with E-state index >= 15 is 0 Å². The molecule has 154 valence electrons. The monoisotopic (exact) mass is 407 g/mol. The number of aryl methyl sites for hydroxylation is 2. The van der Waals surface area contributed by atoms with E-state index < -0.39 is 16.1 Å². The summed E-state index contributed by atoms with van der Waals surface area (Å²) >= 11 is 0. The Morgan fingerprint density at radius 1 is 1.14 bits per heavy atom. The van der Waals surface area contributed by atoms with E-state index in [2.05, 4.69) is 10.5 Å². The molecule has 0 radical (unpaired) electrons. The van der Waals surface area contributed by atoms with Crippen molar-refractivity contribution in [2.45, 2.75) is 81.7 Å². The molecular formula is C20H29N3O4S. The van der Waals surface area contributed by atoms with Gasteiger partial charge in [0.05, 0.1) is 0 Å². The third-order valence-corrected chi connectivity index (χ3v) is 9.62. The Balaban J connectivity index is 1.38. The lowest BCUT2D eigenvalue weighted by Gasteiger charge is -2.57. The summed E-state index contributed by atoms with van der Waals surface area (Å²) in [5.74, 6) is 2.37. The number of amides is 1. The van der Waals surface area contributed by atoms with E-state index in [9.17, 15) is 13.2 Å². The van der Waals surface area contributed by atoms with Crippen LogP contribution < -0.4 is 5.32 Å². The van der Waals surface area contributed by atoms with E-state index in [1.54, 1.807) is 13.8 Å². The third-order valence-electron chi connectivity index (χ3n) is 7.47. The second-order valence-corrected chi connectivity index (χ2v) is 11.4. The second kappa shape index (κ2) is 6.29. The third kappa shape index (κ3) is 2.83. The average Bonchev–Trinajstić information content (AvgIpc) is 3.20. The maximum atomic E-state index is 13.3. The number of sulfonamides is 1. The fourth-order valence-corrected chi connectivity index (χ4v) is 8.81. The van der Waals surface area contributed by atoms with Crippen molar-refractivity contribution in [2.24, 2.45) is 17.8 Å². The van der Waals surface area contributed by atoms with Gasteiger partial charge in [-0.2, -0.15) is 4.31 Å². The van der Waals surface area contributed by atoms with Crippen molar-refractivity contribution >= 4 is 15.9 Å². The second-order valence-electron chi connectivity index (χ2n) is 9.61. The van der Waals surface area contributed by atoms with E-state index in [0.717, 1.165) is 37.0 Å². The Kier molecular flexibility index (Phi) is 4.18. The van der Waals surface area contributed by atoms with Crippen LogP contribution >= 0.6 is 0 Å². The molecule has 6 rings (SSSR count). The zero-order valence-corrected chi connectivity index (χ0v) is 17.4. The summed E-state index contributed by atoms with van der Waals surface area (Å²) in [6, 6.07) is -0.633. The van der Waals surface area contributed by atoms with E-state index in [-0.39, 0.29) is 22.1 Å². The molecule has 28 heavy (non-hydrogen) atoms. The van der Waals surface area contributed by atoms with Gasteiger partial charge in [0.25, 0.3) is 0 Å². The lowest BCUT2D eigenvalue weighted by Crippen LogP contribution is -2.62. The van der Waals surface area contributed by atoms with Crippen LogP contribution in [0.1, 0.15) is 62.8 Å². The molecule has 7 nitrogen and oxygen atoms in total. The molecule has 4 bridgehead atoms. The van der Waals surface area contributed by atoms with Crippen molar-refractivity contribution in [3.63, 3.8) is 0 Å². The average molecular weight is 408 g/mol. The highest BCUT2D eigenvalue weighted by Crippen LogP contribution is 2.55. The molecule has 1 amide bonds. The molecule has 4 aliphatic carbocycles. The minimum atomic E-state index is -3.80. The van der Waals surface area contributed by atoms with Crippen LogP contribution in [0.3, 0.4) is 0 Å². The number of hydrogen-bond acceptors (Lipinski definition) is 5. The minimum Gasteiger partial charge on any atom is -0.360 e. The number of carbonyl (C=O) groups excluding carboxylic acids is 1. The molecule has 1 N–H and O–H groups in total. The summed E-state index contributed by atoms with van der Waals surface area (Å²) in [7, 11) is -3.80. The summed E-state index contributed by atoms with van der Waals surface area (Å²) in [5, 5.41) is 7.15. The molecule has 1 aromatic heterocycles. The summed E-state index contributed by atoms with van der Waals surface area (Å²) in [6.45, 7) is 3.60. The molecule has 4 saturated carbocycles. The van der Waals surface area contributed by atoms with Gasteiger partial charge in [0, 0.05) is 12.1 Å². The van der Waals surface area contributed by atoms with Gasteiger partial charge in [0.15, 0.2) is 5.76 Å². The highest BCUT2D eigenvalue weighted by atomic mass is 32.2. The standard InChI is InChI=1S/C20H29N3O4S/c1-12-18(13(2)27-22-12)28(25,26)23-5-3-4-17(23)19(24)21-20-9-14-6-15(10-20)8-16(7-14)11-20/h14-17H,3-11H2,1-2H3,(H,21,24). The quantitative estimate of drug-likeness (QED) is 0.828. The fourth-order valence-electron chi connectivity index (χ4n) is 6.86. The van der Waals surface area contributed by atoms with E-state index in [4.69, 9.17) is 4.52 Å². The Labute approximate surface area is 166 Å². The Bertz CT molecular complexity index is 852. The highest BCUT2D eigenvalue weighted by Gasteiger charge is 2.53. The Morgan fingerprint density at radius 3 is 2.29 bits per heavy atom. The SMILES string of the molecule is Cc1noc(C)c1S(=O)(=O)N1CCCC1C(=O)NC12CC3CC(CC(C3)C1)C2. The molecule has 1 aromatic rings. The van der Waals surface area contributed by atoms with Crippen molar-refractivity contribution in [3.8, 4) is 0 Å². The van der Waals surface area contributed by atoms with Gasteiger partial charge in [-0.25, -0.2) is 8.42 Å². The first-order valence-corrected chi connectivity index (χ1v) is 12.0. The van der Waals surface area contributed by atoms with E-state index in [1.807, 2.05) is 0 Å². The van der Waals surface area contributed by atoms with Gasteiger partial charge in [-0.15, -0.1) is 0 Å². The summed E-state index contributed by atoms with van der Waals surface area (Å²) in [5.41, 5.74) is 0.247. The van der Waals surface area contributed by atoms with Crippen LogP contribution in [0.5, 0.6) is 0 Å². The van der Waals surface area contributed by atoms with Crippen LogP contribution in [0.25, 0.3) is 0 Å². The molecule has 1 unspecified atom stereocenters. The highest BCUT2D eigenvalue weighted by molar-refractivity contribution is 7.89. The van der Waals surface area contributed by atoms with Gasteiger partial charge < -0.3 is 9.84 Å². The van der Waals surface area contributed by atoms with Gasteiger partial charge in [0.2, 0.25) is 15.9 Å². The molecule has 5 aliphatic rings. The van der Waals surface area contributed by atoms with Gasteiger partial charge in [0.1, 0.15) is 16.6 Å². The lowest BCUT2D eigenvalue weighted by atomic mass is 9.53. The molecular weight excluding hydrogens is 378 g/mol. The Hall–Kier alpha value is -1.41. The van der Waals surface area contributed by atoms with Gasteiger partial charge in [-0.05, 0) is 83.0 Å². The van der Waals surface area contributed by atoms with E-state index in [1.165, 1.54) is 23.6 Å². The predicted molar refractivity (Wildman–Crippen MR) is 102 cm³/mol. The number of carbonyl (C=O) groups is 1. The lowest BCUT2D eigenvalue weighted by molar-refractivity contribution is -0.130. The molecule has 8 heteroatoms. The number of nitrogens with one attached hydrogen (secondary N) is 1. The predicted octanol–water partition coefficient (Wildman–Crippen LogP) is 2.53. The normalized spacial score (nSPS) is 37.5. The zero-order chi connectivity index (χ0) is 19.7. The molecule has 1 saturated heterocycles. The zero-order valence-electron chi connectivity index (χ0n) is 16.6. The largest absolute Gasteiger partial charge is 0.360 e. The topological polar surface area (TPSA) is 92.5 Å². The molecule has 0 aromatic carbocycles. The number of rotatable bonds is 4. The summed E-state index contributed by atoms with van der Waals surface area (Å²) < 4.78 is 33.0. The van der Waals surface area contributed by atoms with Crippen molar-refractivity contribution in [2.75, 3.05) is 6.54 Å². The van der Waals surface area contributed by atoms with Gasteiger partial charge in [-0.1, -0.05) is 5.16 Å². The van der Waals surface area contributed by atoms with Crippen LogP contribution in [0.4, 0.5) is 0 Å². The van der Waals surface area contributed by atoms with Crippen molar-refractivity contribution in [3.05, 3.63) is 11.5 Å². The van der Waals surface area contributed by atoms with Crippen molar-refractivity contribution in [1.29, 1.82) is 0 Å². The summed E-state index contributed by atoms with van der Waals surface area (Å²) in [4.78, 5) is 13.4. The molecule has 1 atom stereocenters. The number of hydrogen-bond donors (Lipinski definition) is 1.